The molecule has 7 heteroatoms. The van der Waals surface area contributed by atoms with Crippen LogP contribution in [-0.2, 0) is 13.0 Å². The third kappa shape index (κ3) is 7.24. The summed E-state index contributed by atoms with van der Waals surface area (Å²) >= 11 is 0. The normalized spacial score (nSPS) is 10.9. The van der Waals surface area contributed by atoms with Crippen molar-refractivity contribution in [1.82, 2.24) is 10.2 Å². The second kappa shape index (κ2) is 11.6. The third-order valence-electron chi connectivity index (χ3n) is 3.91. The summed E-state index contributed by atoms with van der Waals surface area (Å²) in [5.41, 5.74) is 1.87. The number of hydrogen-bond donors (Lipinski definition) is 2. The number of aliphatic imine (C=N–C) groups is 1. The lowest BCUT2D eigenvalue weighted by atomic mass is 10.1. The van der Waals surface area contributed by atoms with Crippen LogP contribution in [0.25, 0.3) is 0 Å². The third-order valence-corrected chi connectivity index (χ3v) is 3.91. The van der Waals surface area contributed by atoms with Crippen molar-refractivity contribution in [2.75, 3.05) is 27.2 Å². The van der Waals surface area contributed by atoms with E-state index in [-0.39, 0.29) is 41.3 Å². The van der Waals surface area contributed by atoms with Crippen molar-refractivity contribution in [3.8, 4) is 11.5 Å². The summed E-state index contributed by atoms with van der Waals surface area (Å²) in [7, 11) is 3.37. The van der Waals surface area contributed by atoms with E-state index < -0.39 is 0 Å². The van der Waals surface area contributed by atoms with Crippen LogP contribution in [-0.4, -0.2) is 43.2 Å². The van der Waals surface area contributed by atoms with E-state index in [0.717, 1.165) is 30.1 Å². The summed E-state index contributed by atoms with van der Waals surface area (Å²) in [6.07, 6.45) is 0.730. The Labute approximate surface area is 177 Å². The zero-order valence-corrected chi connectivity index (χ0v) is 18.2. The highest BCUT2D eigenvalue weighted by molar-refractivity contribution is 14.0. The molecule has 0 aliphatic carbocycles. The standard InChI is InChI=1S/C20H26FN3O2.HI/c1-4-22-20(23-11-10-15-6-5-7-17(25)12-15)24(2)14-16-8-9-19(26-3)18(21)13-16;/h5-9,12-13,25H,4,10-11,14H2,1-3H3,(H,22,23);1H. The molecule has 2 aromatic rings. The minimum Gasteiger partial charge on any atom is -0.508 e. The summed E-state index contributed by atoms with van der Waals surface area (Å²) in [6, 6.07) is 12.1. The molecule has 0 saturated heterocycles. The highest BCUT2D eigenvalue weighted by atomic mass is 127. The number of nitrogens with one attached hydrogen (secondary N) is 1. The summed E-state index contributed by atoms with van der Waals surface area (Å²) in [6.45, 7) is 3.86. The highest BCUT2D eigenvalue weighted by Gasteiger charge is 2.09. The van der Waals surface area contributed by atoms with Crippen molar-refractivity contribution in [3.05, 3.63) is 59.4 Å². The lowest BCUT2D eigenvalue weighted by Crippen LogP contribution is -2.38. The molecule has 0 aliphatic rings. The molecule has 0 heterocycles. The van der Waals surface area contributed by atoms with Crippen LogP contribution in [0.4, 0.5) is 4.39 Å². The topological polar surface area (TPSA) is 57.1 Å². The van der Waals surface area contributed by atoms with Gasteiger partial charge in [0.2, 0.25) is 0 Å². The minimum atomic E-state index is -0.371. The molecule has 0 fully saturated rings. The predicted molar refractivity (Wildman–Crippen MR) is 118 cm³/mol. The van der Waals surface area contributed by atoms with Crippen LogP contribution in [0.2, 0.25) is 0 Å². The van der Waals surface area contributed by atoms with Crippen molar-refractivity contribution < 1.29 is 14.2 Å². The van der Waals surface area contributed by atoms with E-state index in [2.05, 4.69) is 10.3 Å². The Hall–Kier alpha value is -2.03. The number of aromatic hydroxyl groups is 1. The zero-order valence-electron chi connectivity index (χ0n) is 15.9. The molecule has 2 aromatic carbocycles. The first-order chi connectivity index (χ1) is 12.5. The Kier molecular flexibility index (Phi) is 9.92. The average Bonchev–Trinajstić information content (AvgIpc) is 2.61. The second-order valence-electron chi connectivity index (χ2n) is 5.98. The fourth-order valence-corrected chi connectivity index (χ4v) is 2.63. The number of phenolic OH excluding ortho intramolecular Hbond substituents is 1. The number of guanidine groups is 1. The number of benzene rings is 2. The van der Waals surface area contributed by atoms with Gasteiger partial charge in [-0.1, -0.05) is 18.2 Å². The number of rotatable bonds is 7. The monoisotopic (exact) mass is 487 g/mol. The van der Waals surface area contributed by atoms with Crippen molar-refractivity contribution in [3.63, 3.8) is 0 Å². The average molecular weight is 487 g/mol. The van der Waals surface area contributed by atoms with E-state index in [4.69, 9.17) is 4.74 Å². The smallest absolute Gasteiger partial charge is 0.193 e. The van der Waals surface area contributed by atoms with Gasteiger partial charge >= 0.3 is 0 Å². The van der Waals surface area contributed by atoms with E-state index in [1.165, 1.54) is 13.2 Å². The summed E-state index contributed by atoms with van der Waals surface area (Å²) < 4.78 is 18.8. The van der Waals surface area contributed by atoms with Gasteiger partial charge in [0.15, 0.2) is 17.5 Å². The van der Waals surface area contributed by atoms with Gasteiger partial charge in [-0.15, -0.1) is 24.0 Å². The lowest BCUT2D eigenvalue weighted by molar-refractivity contribution is 0.385. The van der Waals surface area contributed by atoms with E-state index >= 15 is 0 Å². The fourth-order valence-electron chi connectivity index (χ4n) is 2.63. The molecule has 2 N–H and O–H groups in total. The number of ether oxygens (including phenoxy) is 1. The number of nitrogens with zero attached hydrogens (tertiary/aromatic N) is 2. The molecule has 0 saturated carbocycles. The first kappa shape index (κ1) is 23.0. The Morgan fingerprint density at radius 1 is 1.22 bits per heavy atom. The number of hydrogen-bond acceptors (Lipinski definition) is 3. The molecule has 0 radical (unpaired) electrons. The van der Waals surface area contributed by atoms with Gasteiger partial charge in [0, 0.05) is 26.7 Å². The van der Waals surface area contributed by atoms with Gasteiger partial charge < -0.3 is 20.1 Å². The molecule has 148 valence electrons. The van der Waals surface area contributed by atoms with Gasteiger partial charge in [0.25, 0.3) is 0 Å². The minimum absolute atomic E-state index is 0. The molecule has 0 amide bonds. The van der Waals surface area contributed by atoms with Gasteiger partial charge in [-0.25, -0.2) is 4.39 Å². The lowest BCUT2D eigenvalue weighted by Gasteiger charge is -2.22. The fraction of sp³-hybridized carbons (Fsp3) is 0.350. The van der Waals surface area contributed by atoms with Gasteiger partial charge in [-0.2, -0.15) is 0 Å². The van der Waals surface area contributed by atoms with Gasteiger partial charge in [-0.05, 0) is 48.7 Å². The summed E-state index contributed by atoms with van der Waals surface area (Å²) in [5.74, 6) is 0.883. The van der Waals surface area contributed by atoms with Crippen LogP contribution in [0.5, 0.6) is 11.5 Å². The Balaban J connectivity index is 0.00000364. The van der Waals surface area contributed by atoms with Gasteiger partial charge in [-0.3, -0.25) is 4.99 Å². The van der Waals surface area contributed by atoms with E-state index in [1.807, 2.05) is 37.1 Å². The number of halogens is 2. The molecular weight excluding hydrogens is 460 g/mol. The first-order valence-corrected chi connectivity index (χ1v) is 8.63. The molecule has 0 bridgehead atoms. The SMILES string of the molecule is CCNC(=NCCc1cccc(O)c1)N(C)Cc1ccc(OC)c(F)c1.I. The molecule has 27 heavy (non-hydrogen) atoms. The van der Waals surface area contributed by atoms with Crippen LogP contribution < -0.4 is 10.1 Å². The van der Waals surface area contributed by atoms with Crippen molar-refractivity contribution in [1.29, 1.82) is 0 Å². The second-order valence-corrected chi connectivity index (χ2v) is 5.98. The maximum atomic E-state index is 13.9. The quantitative estimate of drug-likeness (QED) is 0.355. The largest absolute Gasteiger partial charge is 0.508 e. The van der Waals surface area contributed by atoms with Crippen LogP contribution in [0.3, 0.4) is 0 Å². The maximum Gasteiger partial charge on any atom is 0.193 e. The molecule has 2 rings (SSSR count). The van der Waals surface area contributed by atoms with E-state index in [9.17, 15) is 9.50 Å². The molecule has 0 atom stereocenters. The Bertz CT molecular complexity index is 756. The van der Waals surface area contributed by atoms with Crippen LogP contribution >= 0.6 is 24.0 Å². The molecule has 5 nitrogen and oxygen atoms in total. The van der Waals surface area contributed by atoms with Gasteiger partial charge in [0.1, 0.15) is 5.75 Å². The Morgan fingerprint density at radius 2 is 2.00 bits per heavy atom. The first-order valence-electron chi connectivity index (χ1n) is 8.63. The molecular formula is C20H27FIN3O2. The van der Waals surface area contributed by atoms with E-state index in [1.54, 1.807) is 18.2 Å². The molecule has 0 unspecified atom stereocenters. The predicted octanol–water partition coefficient (Wildman–Crippen LogP) is 3.80. The molecule has 0 aromatic heterocycles. The van der Waals surface area contributed by atoms with Crippen molar-refractivity contribution in [2.45, 2.75) is 19.9 Å². The van der Waals surface area contributed by atoms with Crippen LogP contribution in [0, 0.1) is 5.82 Å². The molecule has 0 aliphatic heterocycles. The maximum absolute atomic E-state index is 13.9. The number of methoxy groups -OCH3 is 1. The van der Waals surface area contributed by atoms with Crippen LogP contribution in [0.1, 0.15) is 18.1 Å². The summed E-state index contributed by atoms with van der Waals surface area (Å²) in [5, 5.41) is 12.8. The Morgan fingerprint density at radius 3 is 2.63 bits per heavy atom. The molecule has 0 spiro atoms. The van der Waals surface area contributed by atoms with Crippen LogP contribution in [0.15, 0.2) is 47.5 Å². The summed E-state index contributed by atoms with van der Waals surface area (Å²) in [4.78, 5) is 6.57. The number of phenols is 1. The van der Waals surface area contributed by atoms with Crippen molar-refractivity contribution in [2.24, 2.45) is 4.99 Å². The zero-order chi connectivity index (χ0) is 18.9. The van der Waals surface area contributed by atoms with Crippen molar-refractivity contribution >= 4 is 29.9 Å². The van der Waals surface area contributed by atoms with E-state index in [0.29, 0.717) is 13.1 Å². The highest BCUT2D eigenvalue weighted by Crippen LogP contribution is 2.18. The van der Waals surface area contributed by atoms with Gasteiger partial charge in [0.05, 0.1) is 7.11 Å².